The van der Waals surface area contributed by atoms with E-state index < -0.39 is 5.97 Å². The van der Waals surface area contributed by atoms with E-state index in [-0.39, 0.29) is 23.2 Å². The Morgan fingerprint density at radius 2 is 2.12 bits per heavy atom. The van der Waals surface area contributed by atoms with E-state index in [9.17, 15) is 9.59 Å². The summed E-state index contributed by atoms with van der Waals surface area (Å²) in [6, 6.07) is 3.12. The Morgan fingerprint density at radius 3 is 2.59 bits per heavy atom. The fraction of sp³-hybridized carbons (Fsp3) is 0.417. The number of hydrogen-bond acceptors (Lipinski definition) is 3. The largest absolute Gasteiger partial charge is 0.478 e. The molecule has 0 aromatic carbocycles. The summed E-state index contributed by atoms with van der Waals surface area (Å²) in [5.41, 5.74) is 0.767. The van der Waals surface area contributed by atoms with E-state index in [0.29, 0.717) is 5.69 Å². The van der Waals surface area contributed by atoms with E-state index in [1.807, 2.05) is 0 Å². The maximum absolute atomic E-state index is 11.8. The van der Waals surface area contributed by atoms with Crippen LogP contribution in [0.25, 0.3) is 0 Å². The zero-order valence-electron chi connectivity index (χ0n) is 9.56. The van der Waals surface area contributed by atoms with Gasteiger partial charge < -0.3 is 10.4 Å². The van der Waals surface area contributed by atoms with Gasteiger partial charge in [-0.05, 0) is 38.3 Å². The molecule has 0 saturated heterocycles. The number of amides is 1. The van der Waals surface area contributed by atoms with E-state index in [2.05, 4.69) is 10.3 Å². The van der Waals surface area contributed by atoms with Crippen LogP contribution in [0.4, 0.5) is 0 Å². The predicted octanol–water partition coefficient (Wildman–Crippen LogP) is 1.37. The molecule has 5 nitrogen and oxygen atoms in total. The summed E-state index contributed by atoms with van der Waals surface area (Å²) < 4.78 is 0. The highest BCUT2D eigenvalue weighted by Gasteiger charge is 2.21. The van der Waals surface area contributed by atoms with Crippen LogP contribution >= 0.6 is 0 Å². The minimum Gasteiger partial charge on any atom is -0.478 e. The Bertz CT molecular complexity index is 467. The number of carboxylic acids is 1. The molecule has 17 heavy (non-hydrogen) atoms. The van der Waals surface area contributed by atoms with Gasteiger partial charge in [-0.2, -0.15) is 0 Å². The lowest BCUT2D eigenvalue weighted by Crippen LogP contribution is -2.39. The minimum atomic E-state index is -1.03. The molecule has 2 N–H and O–H groups in total. The van der Waals surface area contributed by atoms with Crippen LogP contribution in [0.1, 0.15) is 45.8 Å². The number of aromatic carboxylic acids is 1. The van der Waals surface area contributed by atoms with Crippen molar-refractivity contribution in [3.63, 3.8) is 0 Å². The zero-order valence-corrected chi connectivity index (χ0v) is 9.56. The third-order valence-corrected chi connectivity index (χ3v) is 2.99. The number of nitrogens with one attached hydrogen (secondary N) is 1. The molecule has 0 bridgehead atoms. The Kier molecular flexibility index (Phi) is 3.08. The van der Waals surface area contributed by atoms with Crippen LogP contribution < -0.4 is 5.32 Å². The molecule has 1 aromatic heterocycles. The van der Waals surface area contributed by atoms with E-state index >= 15 is 0 Å². The molecule has 1 aliphatic rings. The lowest BCUT2D eigenvalue weighted by Gasteiger charge is -2.26. The lowest BCUT2D eigenvalue weighted by atomic mass is 9.93. The summed E-state index contributed by atoms with van der Waals surface area (Å²) in [7, 11) is 0. The van der Waals surface area contributed by atoms with Crippen molar-refractivity contribution in [3.05, 3.63) is 29.1 Å². The van der Waals surface area contributed by atoms with Crippen molar-refractivity contribution in [1.29, 1.82) is 0 Å². The molecular formula is C12H14N2O3. The lowest BCUT2D eigenvalue weighted by molar-refractivity contribution is 0.0694. The molecule has 90 valence electrons. The predicted molar refractivity (Wildman–Crippen MR) is 61.0 cm³/mol. The van der Waals surface area contributed by atoms with Crippen molar-refractivity contribution in [2.24, 2.45) is 0 Å². The number of rotatable bonds is 3. The van der Waals surface area contributed by atoms with Crippen molar-refractivity contribution in [2.45, 2.75) is 32.2 Å². The smallest absolute Gasteiger partial charge is 0.337 e. The van der Waals surface area contributed by atoms with E-state index in [1.165, 1.54) is 12.1 Å². The molecule has 1 amide bonds. The van der Waals surface area contributed by atoms with Crippen LogP contribution in [0.15, 0.2) is 12.1 Å². The van der Waals surface area contributed by atoms with Crippen molar-refractivity contribution in [1.82, 2.24) is 10.3 Å². The molecule has 0 radical (unpaired) electrons. The first-order valence-corrected chi connectivity index (χ1v) is 5.59. The fourth-order valence-electron chi connectivity index (χ4n) is 1.73. The maximum Gasteiger partial charge on any atom is 0.337 e. The highest BCUT2D eigenvalue weighted by molar-refractivity contribution is 5.94. The monoisotopic (exact) mass is 234 g/mol. The van der Waals surface area contributed by atoms with Gasteiger partial charge in [0.25, 0.3) is 5.91 Å². The first-order chi connectivity index (χ1) is 8.08. The third-order valence-electron chi connectivity index (χ3n) is 2.99. The van der Waals surface area contributed by atoms with E-state index in [1.54, 1.807) is 6.92 Å². The van der Waals surface area contributed by atoms with E-state index in [0.717, 1.165) is 19.3 Å². The second-order valence-corrected chi connectivity index (χ2v) is 4.24. The third kappa shape index (κ3) is 2.43. The average Bonchev–Trinajstić information content (AvgIpc) is 2.22. The number of carbonyl (C=O) groups excluding carboxylic acids is 1. The highest BCUT2D eigenvalue weighted by atomic mass is 16.4. The summed E-state index contributed by atoms with van der Waals surface area (Å²) in [5, 5.41) is 11.7. The molecule has 2 rings (SSSR count). The molecular weight excluding hydrogens is 220 g/mol. The number of aryl methyl sites for hydroxylation is 1. The zero-order chi connectivity index (χ0) is 12.4. The molecule has 1 fully saturated rings. The molecule has 0 spiro atoms. The molecule has 0 atom stereocenters. The number of hydrogen-bond donors (Lipinski definition) is 2. The Morgan fingerprint density at radius 1 is 1.41 bits per heavy atom. The standard InChI is InChI=1S/C12H14N2O3/c1-7-9(12(16)17)5-6-10(13-7)11(15)14-8-3-2-4-8/h5-6,8H,2-4H2,1H3,(H,14,15)(H,16,17). The molecule has 0 aliphatic heterocycles. The molecule has 5 heteroatoms. The fourth-order valence-corrected chi connectivity index (χ4v) is 1.73. The van der Waals surface area contributed by atoms with Gasteiger partial charge in [-0.1, -0.05) is 0 Å². The van der Waals surface area contributed by atoms with Gasteiger partial charge in [0.1, 0.15) is 5.69 Å². The summed E-state index contributed by atoms with van der Waals surface area (Å²) in [6.45, 7) is 1.59. The second kappa shape index (κ2) is 4.53. The normalized spacial score (nSPS) is 15.1. The van der Waals surface area contributed by atoms with Gasteiger partial charge in [0, 0.05) is 6.04 Å². The van der Waals surface area contributed by atoms with Crippen molar-refractivity contribution < 1.29 is 14.7 Å². The van der Waals surface area contributed by atoms with Crippen LogP contribution in [-0.2, 0) is 0 Å². The Hall–Kier alpha value is -1.91. The van der Waals surface area contributed by atoms with Gasteiger partial charge in [0.2, 0.25) is 0 Å². The molecule has 1 aromatic rings. The first-order valence-electron chi connectivity index (χ1n) is 5.59. The molecule has 1 saturated carbocycles. The topological polar surface area (TPSA) is 79.3 Å². The SMILES string of the molecule is Cc1nc(C(=O)NC2CCC2)ccc1C(=O)O. The Balaban J connectivity index is 2.13. The van der Waals surface area contributed by atoms with Gasteiger partial charge in [0.15, 0.2) is 0 Å². The van der Waals surface area contributed by atoms with Gasteiger partial charge in [0.05, 0.1) is 11.3 Å². The summed E-state index contributed by atoms with van der Waals surface area (Å²) in [6.07, 6.45) is 3.17. The minimum absolute atomic E-state index is 0.130. The number of aromatic nitrogens is 1. The van der Waals surface area contributed by atoms with Crippen molar-refractivity contribution in [2.75, 3.05) is 0 Å². The van der Waals surface area contributed by atoms with Crippen LogP contribution in [0.3, 0.4) is 0 Å². The maximum atomic E-state index is 11.8. The Labute approximate surface area is 98.9 Å². The van der Waals surface area contributed by atoms with Crippen molar-refractivity contribution in [3.8, 4) is 0 Å². The summed E-state index contributed by atoms with van der Waals surface area (Å²) in [4.78, 5) is 26.6. The second-order valence-electron chi connectivity index (χ2n) is 4.24. The highest BCUT2D eigenvalue weighted by Crippen LogP contribution is 2.18. The number of nitrogens with zero attached hydrogens (tertiary/aromatic N) is 1. The molecule has 1 heterocycles. The van der Waals surface area contributed by atoms with Gasteiger partial charge in [-0.3, -0.25) is 4.79 Å². The van der Waals surface area contributed by atoms with Crippen LogP contribution in [0.2, 0.25) is 0 Å². The van der Waals surface area contributed by atoms with Crippen molar-refractivity contribution >= 4 is 11.9 Å². The van der Waals surface area contributed by atoms with Crippen LogP contribution in [-0.4, -0.2) is 28.0 Å². The van der Waals surface area contributed by atoms with Crippen LogP contribution in [0, 0.1) is 6.92 Å². The number of carbonyl (C=O) groups is 2. The number of carboxylic acid groups (broad SMARTS) is 1. The summed E-state index contributed by atoms with van der Waals surface area (Å²) in [5.74, 6) is -1.25. The first kappa shape index (κ1) is 11.6. The molecule has 1 aliphatic carbocycles. The molecule has 0 unspecified atom stereocenters. The van der Waals surface area contributed by atoms with Gasteiger partial charge in [-0.15, -0.1) is 0 Å². The number of pyridine rings is 1. The van der Waals surface area contributed by atoms with Crippen LogP contribution in [0.5, 0.6) is 0 Å². The quantitative estimate of drug-likeness (QED) is 0.827. The summed E-state index contributed by atoms with van der Waals surface area (Å²) >= 11 is 0. The van der Waals surface area contributed by atoms with E-state index in [4.69, 9.17) is 5.11 Å². The van der Waals surface area contributed by atoms with Gasteiger partial charge >= 0.3 is 5.97 Å². The van der Waals surface area contributed by atoms with Gasteiger partial charge in [-0.25, -0.2) is 9.78 Å². The average molecular weight is 234 g/mol.